The fourth-order valence-electron chi connectivity index (χ4n) is 10.6. The second-order valence-corrected chi connectivity index (χ2v) is 16.2. The van der Waals surface area contributed by atoms with Gasteiger partial charge in [-0.2, -0.15) is 5.26 Å². The molecule has 0 aromatic heterocycles. The molecule has 0 aliphatic heterocycles. The van der Waals surface area contributed by atoms with Gasteiger partial charge in [0.1, 0.15) is 6.07 Å². The zero-order valence-electron chi connectivity index (χ0n) is 26.8. The van der Waals surface area contributed by atoms with Crippen molar-refractivity contribution in [2.75, 3.05) is 0 Å². The minimum Gasteiger partial charge on any atom is -0.295 e. The number of nitrogens with one attached hydrogen (secondary N) is 2. The Morgan fingerprint density at radius 2 is 1.64 bits per heavy atom. The van der Waals surface area contributed by atoms with Gasteiger partial charge in [-0.25, -0.2) is 0 Å². The van der Waals surface area contributed by atoms with E-state index < -0.39 is 16.2 Å². The lowest BCUT2D eigenvalue weighted by atomic mass is 9.34. The van der Waals surface area contributed by atoms with Crippen LogP contribution in [0.15, 0.2) is 23.3 Å². The van der Waals surface area contributed by atoms with Crippen molar-refractivity contribution in [3.05, 3.63) is 23.3 Å². The van der Waals surface area contributed by atoms with Gasteiger partial charge in [0, 0.05) is 23.2 Å². The van der Waals surface area contributed by atoms with Crippen molar-refractivity contribution < 1.29 is 19.2 Å². The monoisotopic (exact) mass is 575 g/mol. The van der Waals surface area contributed by atoms with Crippen molar-refractivity contribution in [2.45, 2.75) is 113 Å². The number of carbonyl (C=O) groups is 4. The Balaban J connectivity index is 1.61. The van der Waals surface area contributed by atoms with Crippen LogP contribution >= 0.6 is 0 Å². The molecule has 0 aromatic rings. The Bertz CT molecular complexity index is 1350. The van der Waals surface area contributed by atoms with Crippen LogP contribution in [-0.4, -0.2) is 23.4 Å². The molecule has 0 aromatic carbocycles. The van der Waals surface area contributed by atoms with Crippen molar-refractivity contribution >= 4 is 23.4 Å². The number of hydrogen-bond acceptors (Lipinski definition) is 5. The van der Waals surface area contributed by atoms with E-state index in [1.807, 2.05) is 32.9 Å². The summed E-state index contributed by atoms with van der Waals surface area (Å²) in [5.74, 6) is -0.870. The fourth-order valence-corrected chi connectivity index (χ4v) is 10.6. The SMILES string of the molecule is CCCC(=O)NNC(=O)[C@]12CCC(C)(C)C[C@H]1[C@H]1C(=O)C=C3[C@@]4(C)C=C(C#N)C(=O)C(C)(C)[C@@H]4CC[C@@]3(C)[C@]1(C)CC2. The van der Waals surface area contributed by atoms with Crippen LogP contribution in [0.2, 0.25) is 0 Å². The number of nitriles is 1. The van der Waals surface area contributed by atoms with E-state index in [4.69, 9.17) is 0 Å². The molecular weight excluding hydrogens is 526 g/mol. The first-order valence-electron chi connectivity index (χ1n) is 16.0. The van der Waals surface area contributed by atoms with Crippen LogP contribution in [0.4, 0.5) is 0 Å². The lowest BCUT2D eigenvalue weighted by molar-refractivity contribution is -0.179. The van der Waals surface area contributed by atoms with Crippen LogP contribution in [0.5, 0.6) is 0 Å². The van der Waals surface area contributed by atoms with Gasteiger partial charge in [0.2, 0.25) is 11.8 Å². The van der Waals surface area contributed by atoms with Gasteiger partial charge in [0.15, 0.2) is 11.6 Å². The molecule has 2 amide bonds. The van der Waals surface area contributed by atoms with E-state index in [9.17, 15) is 24.4 Å². The smallest absolute Gasteiger partial charge is 0.244 e. The summed E-state index contributed by atoms with van der Waals surface area (Å²) in [6, 6.07) is 2.17. The first-order valence-corrected chi connectivity index (χ1v) is 16.0. The number of allylic oxidation sites excluding steroid dienone is 4. The van der Waals surface area contributed by atoms with Gasteiger partial charge in [-0.1, -0.05) is 67.0 Å². The number of ketones is 2. The first-order chi connectivity index (χ1) is 19.4. The minimum atomic E-state index is -0.717. The van der Waals surface area contributed by atoms with E-state index in [-0.39, 0.29) is 63.0 Å². The lowest BCUT2D eigenvalue weighted by Crippen LogP contribution is -2.67. The van der Waals surface area contributed by atoms with Crippen LogP contribution in [0.3, 0.4) is 0 Å². The molecular formula is C35H49N3O4. The Kier molecular flexibility index (Phi) is 7.04. The van der Waals surface area contributed by atoms with Gasteiger partial charge >= 0.3 is 0 Å². The van der Waals surface area contributed by atoms with Crippen LogP contribution in [0.25, 0.3) is 0 Å². The molecule has 7 atom stereocenters. The second kappa shape index (κ2) is 9.63. The number of rotatable bonds is 3. The summed E-state index contributed by atoms with van der Waals surface area (Å²) in [6.07, 6.45) is 10.2. The van der Waals surface area contributed by atoms with E-state index in [2.05, 4.69) is 51.5 Å². The molecule has 0 bridgehead atoms. The average molecular weight is 576 g/mol. The average Bonchev–Trinajstić information content (AvgIpc) is 2.90. The summed E-state index contributed by atoms with van der Waals surface area (Å²) in [6.45, 7) is 17.0. The predicted molar refractivity (Wildman–Crippen MR) is 160 cm³/mol. The summed E-state index contributed by atoms with van der Waals surface area (Å²) >= 11 is 0. The van der Waals surface area contributed by atoms with Gasteiger partial charge < -0.3 is 0 Å². The number of amides is 2. The summed E-state index contributed by atoms with van der Waals surface area (Å²) in [5.41, 5.74) is 3.94. The maximum absolute atomic E-state index is 14.6. The van der Waals surface area contributed by atoms with Gasteiger partial charge in [0.05, 0.1) is 11.0 Å². The van der Waals surface area contributed by atoms with Gasteiger partial charge in [0.25, 0.3) is 0 Å². The highest BCUT2D eigenvalue weighted by molar-refractivity contribution is 6.04. The number of hydrazine groups is 1. The molecule has 0 radical (unpaired) electrons. The van der Waals surface area contributed by atoms with Crippen LogP contribution in [0.1, 0.15) is 113 Å². The summed E-state index contributed by atoms with van der Waals surface area (Å²) in [4.78, 5) is 54.1. The van der Waals surface area contributed by atoms with Crippen molar-refractivity contribution in [1.82, 2.24) is 10.9 Å². The Morgan fingerprint density at radius 3 is 2.29 bits per heavy atom. The van der Waals surface area contributed by atoms with E-state index >= 15 is 0 Å². The molecule has 3 saturated carbocycles. The van der Waals surface area contributed by atoms with Gasteiger partial charge in [-0.05, 0) is 85.5 Å². The van der Waals surface area contributed by atoms with Crippen molar-refractivity contribution in [3.63, 3.8) is 0 Å². The van der Waals surface area contributed by atoms with Crippen molar-refractivity contribution in [3.8, 4) is 6.07 Å². The largest absolute Gasteiger partial charge is 0.295 e. The topological polar surface area (TPSA) is 116 Å². The molecule has 7 nitrogen and oxygen atoms in total. The summed E-state index contributed by atoms with van der Waals surface area (Å²) in [5, 5.41) is 9.93. The molecule has 228 valence electrons. The lowest BCUT2D eigenvalue weighted by Gasteiger charge is -2.69. The first kappa shape index (κ1) is 30.7. The molecule has 0 unspecified atom stereocenters. The predicted octanol–water partition coefficient (Wildman–Crippen LogP) is 6.15. The number of fused-ring (bicyclic) bond motifs is 7. The summed E-state index contributed by atoms with van der Waals surface area (Å²) < 4.78 is 0. The van der Waals surface area contributed by atoms with Crippen molar-refractivity contribution in [1.29, 1.82) is 5.26 Å². The molecule has 5 rings (SSSR count). The molecule has 0 heterocycles. The molecule has 0 saturated heterocycles. The van der Waals surface area contributed by atoms with E-state index in [0.717, 1.165) is 37.7 Å². The highest BCUT2D eigenvalue weighted by Crippen LogP contribution is 2.74. The Morgan fingerprint density at radius 1 is 0.976 bits per heavy atom. The minimum absolute atomic E-state index is 0.00400. The van der Waals surface area contributed by atoms with E-state index in [0.29, 0.717) is 25.7 Å². The third-order valence-electron chi connectivity index (χ3n) is 13.1. The van der Waals surface area contributed by atoms with E-state index in [1.165, 1.54) is 0 Å². The zero-order chi connectivity index (χ0) is 31.1. The van der Waals surface area contributed by atoms with E-state index in [1.54, 1.807) is 0 Å². The number of hydrogen-bond donors (Lipinski definition) is 2. The Labute approximate surface area is 251 Å². The quantitative estimate of drug-likeness (QED) is 0.392. The van der Waals surface area contributed by atoms with Gasteiger partial charge in [-0.3, -0.25) is 30.0 Å². The van der Waals surface area contributed by atoms with Gasteiger partial charge in [-0.15, -0.1) is 0 Å². The number of Topliss-reactive ketones (excluding diaryl/α,β-unsaturated/α-hetero) is 1. The van der Waals surface area contributed by atoms with Crippen LogP contribution in [-0.2, 0) is 19.2 Å². The normalized spacial score (nSPS) is 41.5. The highest BCUT2D eigenvalue weighted by Gasteiger charge is 2.70. The maximum Gasteiger partial charge on any atom is 0.244 e. The third-order valence-corrected chi connectivity index (χ3v) is 13.1. The molecule has 0 spiro atoms. The molecule has 5 aliphatic rings. The molecule has 42 heavy (non-hydrogen) atoms. The van der Waals surface area contributed by atoms with Crippen molar-refractivity contribution in [2.24, 2.45) is 50.2 Å². The standard InChI is InChI=1S/C35H49N3O4/c1-9-10-26(40)37-38-29(42)35-15-13-30(2,3)19-22(35)27-23(39)17-25-32(6)18-21(20-36)28(41)31(4,5)24(32)11-12-33(25,7)34(27,8)14-16-35/h17-18,22,24,27H,9-16,19H2,1-8H3,(H,37,40)(H,38,42)/t22-,24-,27-,32-,33+,34+,35-/m0/s1. The number of nitrogens with zero attached hydrogens (tertiary/aromatic N) is 1. The molecule has 2 N–H and O–H groups in total. The number of carbonyl (C=O) groups excluding carboxylic acids is 4. The highest BCUT2D eigenvalue weighted by atomic mass is 16.2. The fraction of sp³-hybridized carbons (Fsp3) is 0.743. The third kappa shape index (κ3) is 4.03. The zero-order valence-corrected chi connectivity index (χ0v) is 26.8. The molecule has 5 aliphatic carbocycles. The van der Waals surface area contributed by atoms with Crippen LogP contribution < -0.4 is 10.9 Å². The molecule has 3 fully saturated rings. The molecule has 7 heteroatoms. The summed E-state index contributed by atoms with van der Waals surface area (Å²) in [7, 11) is 0. The Hall–Kier alpha value is -2.75. The van der Waals surface area contributed by atoms with Crippen LogP contribution in [0, 0.1) is 61.6 Å². The maximum atomic E-state index is 14.6. The second-order valence-electron chi connectivity index (χ2n) is 16.2.